The first-order valence-electron chi connectivity index (χ1n) is 8.46. The van der Waals surface area contributed by atoms with Crippen molar-refractivity contribution in [2.45, 2.75) is 46.6 Å². The number of carbonyl (C=O) groups excluding carboxylic acids is 1. The Morgan fingerprint density at radius 3 is 2.76 bits per heavy atom. The smallest absolute Gasteiger partial charge is 0.338 e. The van der Waals surface area contributed by atoms with Crippen LogP contribution < -0.4 is 4.74 Å². The molecule has 5 heteroatoms. The minimum absolute atomic E-state index is 0.0973. The van der Waals surface area contributed by atoms with Gasteiger partial charge in [0.1, 0.15) is 5.75 Å². The zero-order chi connectivity index (χ0) is 18.6. The van der Waals surface area contributed by atoms with Gasteiger partial charge in [-0.3, -0.25) is 0 Å². The van der Waals surface area contributed by atoms with Crippen LogP contribution in [0.25, 0.3) is 4.91 Å². The zero-order valence-electron chi connectivity index (χ0n) is 15.6. The number of benzene rings is 1. The van der Waals surface area contributed by atoms with Gasteiger partial charge in [-0.2, -0.15) is 0 Å². The molecule has 2 rings (SSSR count). The number of aryl methyl sites for hydroxylation is 1. The molecule has 0 saturated carbocycles. The molecule has 0 bridgehead atoms. The summed E-state index contributed by atoms with van der Waals surface area (Å²) in [7, 11) is 1.40. The molecule has 1 heterocycles. The Balaban J connectivity index is 2.43. The number of rotatable bonds is 6. The summed E-state index contributed by atoms with van der Waals surface area (Å²) < 4.78 is 16.7. The van der Waals surface area contributed by atoms with Crippen LogP contribution in [0.15, 0.2) is 23.8 Å². The minimum atomic E-state index is -0.318. The molecule has 1 aromatic rings. The summed E-state index contributed by atoms with van der Waals surface area (Å²) in [6.07, 6.45) is 3.71. The average Bonchev–Trinajstić information content (AvgIpc) is 2.59. The van der Waals surface area contributed by atoms with Crippen LogP contribution in [0.3, 0.4) is 0 Å². The van der Waals surface area contributed by atoms with E-state index in [-0.39, 0.29) is 12.1 Å². The van der Waals surface area contributed by atoms with Gasteiger partial charge in [0.25, 0.3) is 0 Å². The second-order valence-corrected chi connectivity index (χ2v) is 7.27. The predicted molar refractivity (Wildman–Crippen MR) is 103 cm³/mol. The van der Waals surface area contributed by atoms with Gasteiger partial charge < -0.3 is 14.2 Å². The van der Waals surface area contributed by atoms with Crippen LogP contribution in [0.4, 0.5) is 0 Å². The minimum Gasteiger partial charge on any atom is -0.493 e. The molecule has 136 valence electrons. The molecule has 0 fully saturated rings. The van der Waals surface area contributed by atoms with Gasteiger partial charge in [-0.05, 0) is 58.2 Å². The van der Waals surface area contributed by atoms with E-state index in [0.717, 1.165) is 45.3 Å². The normalized spacial score (nSPS) is 13.9. The van der Waals surface area contributed by atoms with Crippen LogP contribution in [0.5, 0.6) is 5.75 Å². The third-order valence-corrected chi connectivity index (χ3v) is 4.89. The van der Waals surface area contributed by atoms with Crippen molar-refractivity contribution in [3.05, 3.63) is 46.1 Å². The van der Waals surface area contributed by atoms with Crippen LogP contribution in [-0.4, -0.2) is 25.8 Å². The Hall–Kier alpha value is -1.88. The number of ether oxygens (including phenoxy) is 3. The number of esters is 1. The van der Waals surface area contributed by atoms with E-state index in [0.29, 0.717) is 12.2 Å². The van der Waals surface area contributed by atoms with Crippen LogP contribution in [0, 0.1) is 6.92 Å². The second kappa shape index (κ2) is 8.48. The van der Waals surface area contributed by atoms with E-state index >= 15 is 0 Å². The van der Waals surface area contributed by atoms with Crippen LogP contribution >= 0.6 is 11.8 Å². The summed E-state index contributed by atoms with van der Waals surface area (Å²) in [5, 5.41) is 0.805. The van der Waals surface area contributed by atoms with Crippen molar-refractivity contribution in [3.63, 3.8) is 0 Å². The molecule has 1 aliphatic rings. The lowest BCUT2D eigenvalue weighted by molar-refractivity contribution is 0.0597. The van der Waals surface area contributed by atoms with Crippen LogP contribution in [-0.2, 0) is 15.9 Å². The molecule has 0 radical (unpaired) electrons. The van der Waals surface area contributed by atoms with E-state index in [2.05, 4.69) is 6.58 Å². The van der Waals surface area contributed by atoms with Gasteiger partial charge in [-0.25, -0.2) is 4.79 Å². The van der Waals surface area contributed by atoms with E-state index in [4.69, 9.17) is 14.2 Å². The Kier molecular flexibility index (Phi) is 6.59. The molecule has 1 aliphatic heterocycles. The molecule has 0 amide bonds. The van der Waals surface area contributed by atoms with E-state index in [9.17, 15) is 4.79 Å². The number of thioether (sulfide) groups is 1. The monoisotopic (exact) mass is 362 g/mol. The van der Waals surface area contributed by atoms with E-state index in [1.54, 1.807) is 0 Å². The second-order valence-electron chi connectivity index (χ2n) is 6.17. The van der Waals surface area contributed by atoms with Crippen molar-refractivity contribution in [2.75, 3.05) is 13.7 Å². The maximum atomic E-state index is 12.2. The maximum absolute atomic E-state index is 12.2. The van der Waals surface area contributed by atoms with Crippen LogP contribution in [0.1, 0.15) is 54.2 Å². The van der Waals surface area contributed by atoms with Gasteiger partial charge >= 0.3 is 5.97 Å². The van der Waals surface area contributed by atoms with Crippen molar-refractivity contribution in [1.82, 2.24) is 0 Å². The molecular formula is C20H26O4S. The van der Waals surface area contributed by atoms with Gasteiger partial charge in [0.15, 0.2) is 5.09 Å². The quantitative estimate of drug-likeness (QED) is 0.520. The molecule has 0 N–H and O–H groups in total. The third-order valence-electron chi connectivity index (χ3n) is 3.89. The van der Waals surface area contributed by atoms with Gasteiger partial charge in [0, 0.05) is 16.0 Å². The molecule has 0 atom stereocenters. The highest BCUT2D eigenvalue weighted by Crippen LogP contribution is 2.43. The first kappa shape index (κ1) is 19.4. The Bertz CT molecular complexity index is 704. The zero-order valence-corrected chi connectivity index (χ0v) is 16.4. The summed E-state index contributed by atoms with van der Waals surface area (Å²) in [5.41, 5.74) is 3.32. The van der Waals surface area contributed by atoms with Crippen LogP contribution in [0.2, 0.25) is 0 Å². The van der Waals surface area contributed by atoms with E-state index in [1.807, 2.05) is 39.8 Å². The van der Waals surface area contributed by atoms with Gasteiger partial charge in [0.2, 0.25) is 0 Å². The van der Waals surface area contributed by atoms with Gasteiger partial charge in [0.05, 0.1) is 25.4 Å². The molecule has 0 unspecified atom stereocenters. The van der Waals surface area contributed by atoms with Crippen molar-refractivity contribution < 1.29 is 19.0 Å². The Labute approximate surface area is 154 Å². The lowest BCUT2D eigenvalue weighted by Crippen LogP contribution is -2.17. The number of hydrogen-bond acceptors (Lipinski definition) is 5. The molecular weight excluding hydrogens is 336 g/mol. The summed E-state index contributed by atoms with van der Waals surface area (Å²) in [6, 6.07) is 1.95. The molecule has 25 heavy (non-hydrogen) atoms. The Morgan fingerprint density at radius 2 is 2.16 bits per heavy atom. The van der Waals surface area contributed by atoms with Crippen molar-refractivity contribution in [2.24, 2.45) is 0 Å². The summed E-state index contributed by atoms with van der Waals surface area (Å²) in [5.74, 6) is 0.427. The molecule has 0 aromatic heterocycles. The molecule has 0 saturated heterocycles. The fourth-order valence-corrected chi connectivity index (χ4v) is 3.71. The fraction of sp³-hybridized carbons (Fsp3) is 0.450. The molecule has 0 aliphatic carbocycles. The third kappa shape index (κ3) is 4.40. The van der Waals surface area contributed by atoms with Crippen molar-refractivity contribution >= 4 is 22.6 Å². The fourth-order valence-electron chi connectivity index (χ4n) is 2.85. The molecule has 0 spiro atoms. The topological polar surface area (TPSA) is 44.8 Å². The summed E-state index contributed by atoms with van der Waals surface area (Å²) in [4.78, 5) is 13.0. The van der Waals surface area contributed by atoms with Gasteiger partial charge in [-0.1, -0.05) is 18.3 Å². The van der Waals surface area contributed by atoms with E-state index < -0.39 is 0 Å². The predicted octanol–water partition coefficient (Wildman–Crippen LogP) is 5.10. The first-order valence-corrected chi connectivity index (χ1v) is 9.28. The number of fused-ring (bicyclic) bond motifs is 1. The first-order chi connectivity index (χ1) is 11.9. The summed E-state index contributed by atoms with van der Waals surface area (Å²) >= 11 is 1.48. The number of carbonyl (C=O) groups is 1. The number of methoxy groups -OCH3 is 1. The van der Waals surface area contributed by atoms with Gasteiger partial charge in [-0.15, -0.1) is 0 Å². The summed E-state index contributed by atoms with van der Waals surface area (Å²) in [6.45, 7) is 12.7. The largest absolute Gasteiger partial charge is 0.493 e. The van der Waals surface area contributed by atoms with Crippen molar-refractivity contribution in [3.8, 4) is 5.75 Å². The number of hydrogen-bond donors (Lipinski definition) is 0. The highest BCUT2D eigenvalue weighted by atomic mass is 32.2. The lowest BCUT2D eigenvalue weighted by atomic mass is 9.92. The maximum Gasteiger partial charge on any atom is 0.338 e. The lowest BCUT2D eigenvalue weighted by Gasteiger charge is -2.25. The standard InChI is InChI=1S/C20H26O4S/c1-7-17(24-12(2)3)25-14(5)16-11-13(4)18(20(21)22-6)15-9-8-10-23-19(15)16/h7,11-12H,5,8-10H2,1-4,6H3/b17-7-. The highest BCUT2D eigenvalue weighted by Gasteiger charge is 2.26. The van der Waals surface area contributed by atoms with E-state index in [1.165, 1.54) is 18.9 Å². The molecule has 4 nitrogen and oxygen atoms in total. The van der Waals surface area contributed by atoms with Crippen molar-refractivity contribution in [1.29, 1.82) is 0 Å². The molecule has 1 aromatic carbocycles. The average molecular weight is 362 g/mol. The SMILES string of the molecule is C=C(S/C(=C\C)OC(C)C)c1cc(C)c(C(=O)OC)c2c1OCCC2. The number of allylic oxidation sites excluding steroid dienone is 1. The highest BCUT2D eigenvalue weighted by molar-refractivity contribution is 8.11. The Morgan fingerprint density at radius 1 is 1.44 bits per heavy atom.